The Balaban J connectivity index is 1.12. The predicted molar refractivity (Wildman–Crippen MR) is 280 cm³/mol. The van der Waals surface area contributed by atoms with Gasteiger partial charge in [-0.25, -0.2) is 0 Å². The van der Waals surface area contributed by atoms with Gasteiger partial charge in [0.25, 0.3) is 10.0 Å². The Morgan fingerprint density at radius 2 is 0.776 bits per heavy atom. The molecule has 0 radical (unpaired) electrons. The summed E-state index contributed by atoms with van der Waals surface area (Å²) in [5, 5.41) is 14.7. The zero-order chi connectivity index (χ0) is 46.7. The number of aromatic nitrogens is 4. The molecule has 0 saturated carbocycles. The molecule has 3 aliphatic rings. The van der Waals surface area contributed by atoms with Crippen LogP contribution in [-0.2, 0) is 16.2 Å². The largest absolute Gasteiger partial charge is 0.347 e. The summed E-state index contributed by atoms with van der Waals surface area (Å²) in [6, 6.07) is 47.0. The third-order valence-corrected chi connectivity index (χ3v) is 15.9. The van der Waals surface area contributed by atoms with Crippen LogP contribution in [0.15, 0.2) is 187 Å². The first-order valence-electron chi connectivity index (χ1n) is 22.9. The SMILES string of the molecule is CN1/C(=C\C=C\c2sc(C(=C/C=C3/N(C)c4ccccc4C3(C)C)c3n[n+](-c4ccccc4)c(/C=C/C=C4\N(C)c5ccccc5C4(C)C)s3)n[n+]2-c2ccccc2)C(C)(C)c2ccccc21. The van der Waals surface area contributed by atoms with Crippen molar-refractivity contribution in [2.75, 3.05) is 35.8 Å². The van der Waals surface area contributed by atoms with Crippen LogP contribution in [-0.4, -0.2) is 31.3 Å². The molecule has 9 heteroatoms. The lowest BCUT2D eigenvalue weighted by molar-refractivity contribution is -0.656. The Hall–Kier alpha value is -6.94. The highest BCUT2D eigenvalue weighted by Gasteiger charge is 2.40. The van der Waals surface area contributed by atoms with Gasteiger partial charge in [0.05, 0.1) is 5.57 Å². The number of nitrogens with zero attached hydrogens (tertiary/aromatic N) is 7. The van der Waals surface area contributed by atoms with Crippen molar-refractivity contribution in [2.24, 2.45) is 0 Å². The molecular formula is C58H57N7S2+2. The van der Waals surface area contributed by atoms with Gasteiger partial charge in [-0.3, -0.25) is 0 Å². The molecule has 10 rings (SSSR count). The Labute approximate surface area is 403 Å². The first-order valence-corrected chi connectivity index (χ1v) is 24.6. The van der Waals surface area contributed by atoms with Crippen molar-refractivity contribution in [3.8, 4) is 11.4 Å². The summed E-state index contributed by atoms with van der Waals surface area (Å²) in [4.78, 5) is 6.95. The van der Waals surface area contributed by atoms with Crippen LogP contribution in [0.25, 0.3) is 29.1 Å². The van der Waals surface area contributed by atoms with Crippen molar-refractivity contribution in [1.82, 2.24) is 10.2 Å². The number of para-hydroxylation sites is 5. The normalized spacial score (nSPS) is 18.5. The van der Waals surface area contributed by atoms with Crippen LogP contribution in [0.2, 0.25) is 0 Å². The molecule has 5 aromatic carbocycles. The second-order valence-electron chi connectivity index (χ2n) is 19.0. The maximum Gasteiger partial charge on any atom is 0.296 e. The molecule has 334 valence electrons. The fraction of sp³-hybridized carbons (Fsp3) is 0.207. The van der Waals surface area contributed by atoms with E-state index in [1.807, 2.05) is 0 Å². The van der Waals surface area contributed by atoms with Gasteiger partial charge >= 0.3 is 0 Å². The molecule has 0 spiro atoms. The minimum Gasteiger partial charge on any atom is -0.347 e. The number of anilines is 3. The van der Waals surface area contributed by atoms with Crippen LogP contribution in [0.4, 0.5) is 17.1 Å². The first-order chi connectivity index (χ1) is 32.3. The zero-order valence-corrected chi connectivity index (χ0v) is 41.4. The maximum atomic E-state index is 5.46. The van der Waals surface area contributed by atoms with E-state index in [-0.39, 0.29) is 16.2 Å². The highest BCUT2D eigenvalue weighted by molar-refractivity contribution is 7.15. The van der Waals surface area contributed by atoms with E-state index in [4.69, 9.17) is 10.2 Å². The number of allylic oxidation sites excluding steroid dienone is 9. The van der Waals surface area contributed by atoms with Crippen molar-refractivity contribution in [2.45, 2.75) is 57.8 Å². The summed E-state index contributed by atoms with van der Waals surface area (Å²) in [6.45, 7) is 13.8. The summed E-state index contributed by atoms with van der Waals surface area (Å²) >= 11 is 3.35. The highest BCUT2D eigenvalue weighted by atomic mass is 32.1. The van der Waals surface area contributed by atoms with Crippen LogP contribution >= 0.6 is 22.7 Å². The van der Waals surface area contributed by atoms with Crippen molar-refractivity contribution in [3.05, 3.63) is 224 Å². The third-order valence-electron chi connectivity index (χ3n) is 13.9. The zero-order valence-electron chi connectivity index (χ0n) is 39.8. The smallest absolute Gasteiger partial charge is 0.296 e. The molecule has 0 unspecified atom stereocenters. The first kappa shape index (κ1) is 43.9. The van der Waals surface area contributed by atoms with Crippen LogP contribution in [0, 0.1) is 0 Å². The average molecular weight is 916 g/mol. The van der Waals surface area contributed by atoms with Gasteiger partial charge in [-0.05, 0) is 91.2 Å². The Kier molecular flexibility index (Phi) is 11.2. The molecule has 0 atom stereocenters. The lowest BCUT2D eigenvalue weighted by Crippen LogP contribution is -2.35. The standard InChI is InChI=1S/C58H57N7S2/c1-56(2)43-28-16-19-31-46(43)61(7)49(56)34-22-36-52-64(40-24-12-10-13-25-40)59-54(66-52)42(38-39-51-58(5,6)45-30-18-21-33-48(45)63(51)9)55-60-65(41-26-14-11-15-27-41)53(67-55)37-23-35-50-57(3,4)44-29-17-20-32-47(44)62(50)8/h10-39H,1-9H3/q+2/b51-39+. The van der Waals surface area contributed by atoms with Crippen molar-refractivity contribution >= 4 is 57.5 Å². The van der Waals surface area contributed by atoms with Gasteiger partial charge in [0.2, 0.25) is 21.4 Å². The van der Waals surface area contributed by atoms with Crippen LogP contribution in [0.5, 0.6) is 0 Å². The molecule has 7 aromatic rings. The molecular weight excluding hydrogens is 859 g/mol. The number of rotatable bonds is 9. The lowest BCUT2D eigenvalue weighted by Gasteiger charge is -2.23. The van der Waals surface area contributed by atoms with Crippen molar-refractivity contribution < 1.29 is 9.36 Å². The molecule has 0 amide bonds. The summed E-state index contributed by atoms with van der Waals surface area (Å²) < 4.78 is 4.14. The molecule has 0 N–H and O–H groups in total. The Morgan fingerprint density at radius 3 is 1.13 bits per heavy atom. The van der Waals surface area contributed by atoms with Gasteiger partial charge in [0, 0.05) is 118 Å². The molecule has 0 fully saturated rings. The molecule has 2 aromatic heterocycles. The van der Waals surface area contributed by atoms with Crippen LogP contribution in [0.3, 0.4) is 0 Å². The van der Waals surface area contributed by atoms with Gasteiger partial charge < -0.3 is 14.7 Å². The molecule has 3 aliphatic heterocycles. The van der Waals surface area contributed by atoms with Gasteiger partial charge in [-0.2, -0.15) is 0 Å². The summed E-state index contributed by atoms with van der Waals surface area (Å²) in [5.74, 6) is 0. The summed E-state index contributed by atoms with van der Waals surface area (Å²) in [6.07, 6.45) is 17.8. The summed E-state index contributed by atoms with van der Waals surface area (Å²) in [7, 11) is 6.50. The van der Waals surface area contributed by atoms with Crippen LogP contribution in [0.1, 0.15) is 78.3 Å². The van der Waals surface area contributed by atoms with E-state index in [2.05, 4.69) is 269 Å². The van der Waals surface area contributed by atoms with E-state index in [1.54, 1.807) is 22.7 Å². The minimum atomic E-state index is -0.211. The predicted octanol–water partition coefficient (Wildman–Crippen LogP) is 12.5. The topological polar surface area (TPSA) is 43.3 Å². The van der Waals surface area contributed by atoms with Gasteiger partial charge in [-0.15, -0.1) is 0 Å². The molecule has 67 heavy (non-hydrogen) atoms. The minimum absolute atomic E-state index is 0.135. The van der Waals surface area contributed by atoms with Crippen molar-refractivity contribution in [3.63, 3.8) is 0 Å². The number of benzene rings is 5. The van der Waals surface area contributed by atoms with E-state index in [9.17, 15) is 0 Å². The molecule has 0 bridgehead atoms. The second-order valence-corrected chi connectivity index (χ2v) is 21.1. The monoisotopic (exact) mass is 915 g/mol. The lowest BCUT2D eigenvalue weighted by atomic mass is 9.83. The van der Waals surface area contributed by atoms with E-state index >= 15 is 0 Å². The van der Waals surface area contributed by atoms with E-state index < -0.39 is 0 Å². The highest BCUT2D eigenvalue weighted by Crippen LogP contribution is 2.49. The van der Waals surface area contributed by atoms with Gasteiger partial charge in [-0.1, -0.05) is 145 Å². The van der Waals surface area contributed by atoms with E-state index in [0.29, 0.717) is 0 Å². The maximum absolute atomic E-state index is 5.46. The number of hydrogen-bond acceptors (Lipinski definition) is 7. The van der Waals surface area contributed by atoms with Gasteiger partial charge in [0.1, 0.15) is 0 Å². The third kappa shape index (κ3) is 7.60. The quantitative estimate of drug-likeness (QED) is 0.135. The molecule has 0 saturated heterocycles. The summed E-state index contributed by atoms with van der Waals surface area (Å²) in [5.41, 5.74) is 13.8. The van der Waals surface area contributed by atoms with E-state index in [1.165, 1.54) is 50.8 Å². The fourth-order valence-corrected chi connectivity index (χ4v) is 12.3. The van der Waals surface area contributed by atoms with Crippen molar-refractivity contribution in [1.29, 1.82) is 0 Å². The number of likely N-dealkylation sites (N-methyl/N-ethyl adjacent to an activating group) is 3. The molecule has 7 nitrogen and oxygen atoms in total. The Morgan fingerprint density at radius 1 is 0.448 bits per heavy atom. The Bertz CT molecular complexity index is 3040. The average Bonchev–Trinajstić information content (AvgIpc) is 4.09. The number of hydrogen-bond donors (Lipinski definition) is 0. The van der Waals surface area contributed by atoms with E-state index in [0.717, 1.165) is 37.0 Å². The van der Waals surface area contributed by atoms with Gasteiger partial charge in [0.15, 0.2) is 0 Å². The van der Waals surface area contributed by atoms with Crippen LogP contribution < -0.4 is 24.1 Å². The molecule has 0 aliphatic carbocycles. The second kappa shape index (κ2) is 17.0. The number of fused-ring (bicyclic) bond motifs is 3. The molecule has 5 heterocycles. The fourth-order valence-electron chi connectivity index (χ4n) is 10.3.